The summed E-state index contributed by atoms with van der Waals surface area (Å²) in [5, 5.41) is 21.2. The largest absolute Gasteiger partial charge is 0.390 e. The Morgan fingerprint density at radius 1 is 1.45 bits per heavy atom. The van der Waals surface area contributed by atoms with E-state index in [0.717, 1.165) is 31.5 Å². The first-order chi connectivity index (χ1) is 9.37. The second kappa shape index (κ2) is 6.20. The van der Waals surface area contributed by atoms with Crippen molar-refractivity contribution in [2.24, 2.45) is 0 Å². The highest BCUT2D eigenvalue weighted by molar-refractivity contribution is 9.10. The Bertz CT molecular complexity index is 505. The molecule has 0 radical (unpaired) electrons. The molecule has 0 amide bonds. The van der Waals surface area contributed by atoms with Crippen LogP contribution in [0.25, 0.3) is 0 Å². The molecular weight excluding hydrogens is 324 g/mol. The average molecular weight is 343 g/mol. The van der Waals surface area contributed by atoms with Crippen LogP contribution in [0, 0.1) is 10.1 Å². The van der Waals surface area contributed by atoms with Crippen molar-refractivity contribution in [3.05, 3.63) is 38.3 Å². The summed E-state index contributed by atoms with van der Waals surface area (Å²) in [6, 6.07) is 5.17. The highest BCUT2D eigenvalue weighted by atomic mass is 79.9. The van der Waals surface area contributed by atoms with E-state index in [9.17, 15) is 15.2 Å². The van der Waals surface area contributed by atoms with Gasteiger partial charge >= 0.3 is 0 Å². The first-order valence-electron chi connectivity index (χ1n) is 6.75. The molecule has 110 valence electrons. The van der Waals surface area contributed by atoms with Crippen LogP contribution in [-0.4, -0.2) is 33.6 Å². The van der Waals surface area contributed by atoms with Gasteiger partial charge in [0.2, 0.25) is 0 Å². The first-order valence-corrected chi connectivity index (χ1v) is 7.54. The highest BCUT2D eigenvalue weighted by Gasteiger charge is 2.26. The third-order valence-electron chi connectivity index (χ3n) is 3.79. The van der Waals surface area contributed by atoms with Crippen molar-refractivity contribution in [3.8, 4) is 0 Å². The number of benzene rings is 1. The smallest absolute Gasteiger partial charge is 0.275 e. The summed E-state index contributed by atoms with van der Waals surface area (Å²) in [4.78, 5) is 13.0. The molecule has 0 aromatic heterocycles. The summed E-state index contributed by atoms with van der Waals surface area (Å²) in [5.74, 6) is 0. The molecule has 5 nitrogen and oxygen atoms in total. The van der Waals surface area contributed by atoms with Crippen LogP contribution in [0.3, 0.4) is 0 Å². The fourth-order valence-corrected chi connectivity index (χ4v) is 2.91. The Morgan fingerprint density at radius 2 is 2.20 bits per heavy atom. The van der Waals surface area contributed by atoms with E-state index in [-0.39, 0.29) is 10.6 Å². The molecule has 1 heterocycles. The van der Waals surface area contributed by atoms with Gasteiger partial charge in [-0.15, -0.1) is 0 Å². The lowest BCUT2D eigenvalue weighted by Crippen LogP contribution is -2.28. The van der Waals surface area contributed by atoms with Gasteiger partial charge in [-0.25, -0.2) is 0 Å². The van der Waals surface area contributed by atoms with Gasteiger partial charge in [-0.2, -0.15) is 0 Å². The second-order valence-corrected chi connectivity index (χ2v) is 6.57. The standard InChI is InChI=1S/C14H19BrN2O3/c1-14(18)5-2-7-16(8-6-14)10-11-3-4-12(15)9-13(11)17(19)20/h3-4,9,18H,2,5-8,10H2,1H3. The van der Waals surface area contributed by atoms with Crippen molar-refractivity contribution >= 4 is 21.6 Å². The molecule has 1 saturated heterocycles. The van der Waals surface area contributed by atoms with E-state index in [1.54, 1.807) is 12.1 Å². The van der Waals surface area contributed by atoms with E-state index >= 15 is 0 Å². The van der Waals surface area contributed by atoms with Crippen LogP contribution in [0.1, 0.15) is 31.7 Å². The Labute approximate surface area is 126 Å². The molecule has 1 aliphatic rings. The minimum absolute atomic E-state index is 0.149. The van der Waals surface area contributed by atoms with E-state index in [4.69, 9.17) is 0 Å². The molecule has 0 aliphatic carbocycles. The van der Waals surface area contributed by atoms with Gasteiger partial charge in [-0.3, -0.25) is 15.0 Å². The van der Waals surface area contributed by atoms with Gasteiger partial charge in [0.25, 0.3) is 5.69 Å². The Balaban J connectivity index is 2.12. The van der Waals surface area contributed by atoms with Gasteiger partial charge < -0.3 is 5.11 Å². The summed E-state index contributed by atoms with van der Waals surface area (Å²) in [6.07, 6.45) is 2.40. The lowest BCUT2D eigenvalue weighted by atomic mass is 9.98. The van der Waals surface area contributed by atoms with Gasteiger partial charge in [0.1, 0.15) is 0 Å². The zero-order chi connectivity index (χ0) is 14.8. The molecule has 1 N–H and O–H groups in total. The maximum Gasteiger partial charge on any atom is 0.275 e. The van der Waals surface area contributed by atoms with E-state index < -0.39 is 5.60 Å². The summed E-state index contributed by atoms with van der Waals surface area (Å²) in [6.45, 7) is 4.04. The molecule has 1 aromatic carbocycles. The number of halogens is 1. The van der Waals surface area contributed by atoms with Crippen LogP contribution in [0.15, 0.2) is 22.7 Å². The van der Waals surface area contributed by atoms with Gasteiger partial charge in [-0.1, -0.05) is 15.9 Å². The number of nitro groups is 1. The number of aliphatic hydroxyl groups is 1. The van der Waals surface area contributed by atoms with Crippen molar-refractivity contribution in [1.82, 2.24) is 4.90 Å². The predicted molar refractivity (Wildman–Crippen MR) is 80.5 cm³/mol. The summed E-state index contributed by atoms with van der Waals surface area (Å²) in [5.41, 5.74) is 0.260. The number of nitrogens with zero attached hydrogens (tertiary/aromatic N) is 2. The quantitative estimate of drug-likeness (QED) is 0.677. The van der Waals surface area contributed by atoms with Crippen molar-refractivity contribution in [2.45, 2.75) is 38.3 Å². The summed E-state index contributed by atoms with van der Waals surface area (Å²) < 4.78 is 0.715. The van der Waals surface area contributed by atoms with Crippen molar-refractivity contribution in [2.75, 3.05) is 13.1 Å². The monoisotopic (exact) mass is 342 g/mol. The summed E-state index contributed by atoms with van der Waals surface area (Å²) in [7, 11) is 0. The molecule has 1 aromatic rings. The SMILES string of the molecule is CC1(O)CCCN(Cc2ccc(Br)cc2[N+](=O)[O-])CC1. The molecular formula is C14H19BrN2O3. The van der Waals surface area contributed by atoms with Gasteiger partial charge in [-0.05, 0) is 44.9 Å². The van der Waals surface area contributed by atoms with Crippen LogP contribution in [0.4, 0.5) is 5.69 Å². The predicted octanol–water partition coefficient (Wildman–Crippen LogP) is 3.09. The van der Waals surface area contributed by atoms with Crippen molar-refractivity contribution < 1.29 is 10.0 Å². The molecule has 1 aliphatic heterocycles. The third kappa shape index (κ3) is 4.01. The maximum atomic E-state index is 11.1. The van der Waals surface area contributed by atoms with E-state index in [1.807, 2.05) is 13.0 Å². The van der Waals surface area contributed by atoms with Gasteiger partial charge in [0.15, 0.2) is 0 Å². The fraction of sp³-hybridized carbons (Fsp3) is 0.571. The first kappa shape index (κ1) is 15.4. The van der Waals surface area contributed by atoms with Crippen molar-refractivity contribution in [1.29, 1.82) is 0 Å². The number of hydrogen-bond acceptors (Lipinski definition) is 4. The summed E-state index contributed by atoms with van der Waals surface area (Å²) >= 11 is 3.27. The average Bonchev–Trinajstić information content (AvgIpc) is 2.53. The zero-order valence-corrected chi connectivity index (χ0v) is 13.1. The van der Waals surface area contributed by atoms with Gasteiger partial charge in [0.05, 0.1) is 10.5 Å². The second-order valence-electron chi connectivity index (χ2n) is 5.66. The molecule has 1 fully saturated rings. The Hall–Kier alpha value is -0.980. The Morgan fingerprint density at radius 3 is 2.90 bits per heavy atom. The van der Waals surface area contributed by atoms with E-state index in [1.165, 1.54) is 0 Å². The number of likely N-dealkylation sites (tertiary alicyclic amines) is 1. The molecule has 20 heavy (non-hydrogen) atoms. The fourth-order valence-electron chi connectivity index (χ4n) is 2.56. The molecule has 0 spiro atoms. The molecule has 1 atom stereocenters. The zero-order valence-electron chi connectivity index (χ0n) is 11.5. The van der Waals surface area contributed by atoms with Crippen LogP contribution < -0.4 is 0 Å². The third-order valence-corrected chi connectivity index (χ3v) is 4.29. The molecule has 0 bridgehead atoms. The number of nitro benzene ring substituents is 1. The normalized spacial score (nSPS) is 24.4. The lowest BCUT2D eigenvalue weighted by Gasteiger charge is -2.22. The van der Waals surface area contributed by atoms with E-state index in [2.05, 4.69) is 20.8 Å². The minimum Gasteiger partial charge on any atom is -0.390 e. The van der Waals surface area contributed by atoms with Crippen molar-refractivity contribution in [3.63, 3.8) is 0 Å². The van der Waals surface area contributed by atoms with E-state index in [0.29, 0.717) is 17.4 Å². The van der Waals surface area contributed by atoms with Crippen LogP contribution in [0.2, 0.25) is 0 Å². The van der Waals surface area contributed by atoms with Crippen LogP contribution in [0.5, 0.6) is 0 Å². The Kier molecular flexibility index (Phi) is 4.78. The minimum atomic E-state index is -0.611. The maximum absolute atomic E-state index is 11.1. The van der Waals surface area contributed by atoms with Gasteiger partial charge in [0, 0.05) is 29.2 Å². The number of hydrogen-bond donors (Lipinski definition) is 1. The lowest BCUT2D eigenvalue weighted by molar-refractivity contribution is -0.385. The highest BCUT2D eigenvalue weighted by Crippen LogP contribution is 2.27. The molecule has 1 unspecified atom stereocenters. The molecule has 2 rings (SSSR count). The topological polar surface area (TPSA) is 66.6 Å². The molecule has 0 saturated carbocycles. The molecule has 6 heteroatoms. The van der Waals surface area contributed by atoms with Crippen LogP contribution in [-0.2, 0) is 6.54 Å². The number of rotatable bonds is 3. The van der Waals surface area contributed by atoms with Crippen LogP contribution >= 0.6 is 15.9 Å².